The molecule has 3 fully saturated rings. The summed E-state index contributed by atoms with van der Waals surface area (Å²) >= 11 is 0. The normalized spacial score (nSPS) is 43.9. The molecule has 3 unspecified atom stereocenters. The van der Waals surface area contributed by atoms with Crippen LogP contribution in [-0.2, 0) is 0 Å². The summed E-state index contributed by atoms with van der Waals surface area (Å²) in [5, 5.41) is 13.5. The molecule has 1 N–H and O–H groups in total. The minimum Gasteiger partial charge on any atom is -0.393 e. The topological polar surface area (TPSA) is 59.2 Å². The second kappa shape index (κ2) is 3.55. The minimum atomic E-state index is -0.155. The molecule has 3 aliphatic rings. The van der Waals surface area contributed by atoms with Crippen LogP contribution in [0, 0.1) is 11.8 Å². The summed E-state index contributed by atoms with van der Waals surface area (Å²) in [6.45, 7) is 0. The summed E-state index contributed by atoms with van der Waals surface area (Å²) in [6, 6.07) is 0. The first-order valence-corrected chi connectivity index (χ1v) is 6.81. The average molecular weight is 234 g/mol. The molecule has 0 saturated heterocycles. The van der Waals surface area contributed by atoms with Crippen LogP contribution < -0.4 is 0 Å². The van der Waals surface area contributed by atoms with Crippen LogP contribution in [0.1, 0.15) is 62.1 Å². The smallest absolute Gasteiger partial charge is 0.229 e. The molecule has 4 nitrogen and oxygen atoms in total. The number of aromatic nitrogens is 2. The van der Waals surface area contributed by atoms with Gasteiger partial charge in [0.1, 0.15) is 0 Å². The fourth-order valence-electron chi connectivity index (χ4n) is 3.91. The first kappa shape index (κ1) is 10.1. The Kier molecular flexibility index (Phi) is 2.10. The Bertz CT molecular complexity index is 425. The maximum absolute atomic E-state index is 9.29. The molecule has 2 bridgehead atoms. The van der Waals surface area contributed by atoms with Crippen LogP contribution in [0.4, 0.5) is 0 Å². The maximum Gasteiger partial charge on any atom is 0.229 e. The largest absolute Gasteiger partial charge is 0.393 e. The van der Waals surface area contributed by atoms with Crippen molar-refractivity contribution in [2.45, 2.75) is 56.5 Å². The van der Waals surface area contributed by atoms with E-state index in [4.69, 9.17) is 4.52 Å². The zero-order valence-corrected chi connectivity index (χ0v) is 9.88. The molecule has 0 aliphatic heterocycles. The summed E-state index contributed by atoms with van der Waals surface area (Å²) in [7, 11) is 0. The van der Waals surface area contributed by atoms with Gasteiger partial charge in [-0.3, -0.25) is 0 Å². The van der Waals surface area contributed by atoms with Gasteiger partial charge in [-0.05, 0) is 43.9 Å². The second-order valence-electron chi connectivity index (χ2n) is 6.09. The van der Waals surface area contributed by atoms with Gasteiger partial charge < -0.3 is 9.63 Å². The van der Waals surface area contributed by atoms with Crippen LogP contribution >= 0.6 is 0 Å². The molecule has 0 spiro atoms. The highest BCUT2D eigenvalue weighted by molar-refractivity contribution is 5.09. The Hall–Kier alpha value is -0.900. The molecule has 0 aromatic carbocycles. The molecule has 3 saturated carbocycles. The van der Waals surface area contributed by atoms with Crippen LogP contribution in [0.2, 0.25) is 0 Å². The second-order valence-corrected chi connectivity index (χ2v) is 6.09. The van der Waals surface area contributed by atoms with E-state index in [-0.39, 0.29) is 6.10 Å². The molecule has 1 aromatic rings. The van der Waals surface area contributed by atoms with E-state index in [1.165, 1.54) is 25.7 Å². The fourth-order valence-corrected chi connectivity index (χ4v) is 3.91. The maximum atomic E-state index is 9.29. The lowest BCUT2D eigenvalue weighted by Gasteiger charge is -2.27. The van der Waals surface area contributed by atoms with E-state index in [1.54, 1.807) is 0 Å². The van der Waals surface area contributed by atoms with Crippen LogP contribution in [0.25, 0.3) is 0 Å². The molecular formula is C13H18N2O2. The van der Waals surface area contributed by atoms with Crippen molar-refractivity contribution in [1.29, 1.82) is 0 Å². The molecule has 1 heterocycles. The van der Waals surface area contributed by atoms with Crippen molar-refractivity contribution in [3.05, 3.63) is 11.7 Å². The van der Waals surface area contributed by atoms with Gasteiger partial charge in [-0.15, -0.1) is 0 Å². The Morgan fingerprint density at radius 3 is 2.65 bits per heavy atom. The standard InChI is InChI=1S/C13H18N2O2/c16-10-5-9(6-10)13-14-12(15-17-13)11-4-7-1-2-8(11)3-7/h7-11,16H,1-6H2. The quantitative estimate of drug-likeness (QED) is 0.852. The predicted octanol–water partition coefficient (Wildman–Crippen LogP) is 2.21. The van der Waals surface area contributed by atoms with Gasteiger partial charge >= 0.3 is 0 Å². The van der Waals surface area contributed by atoms with Crippen LogP contribution in [0.15, 0.2) is 4.52 Å². The minimum absolute atomic E-state index is 0.155. The van der Waals surface area contributed by atoms with E-state index in [0.29, 0.717) is 11.8 Å². The SMILES string of the molecule is OC1CC(c2nc(C3CC4CCC3C4)no2)C1. The molecular weight excluding hydrogens is 216 g/mol. The monoisotopic (exact) mass is 234 g/mol. The van der Waals surface area contributed by atoms with Crippen molar-refractivity contribution in [2.24, 2.45) is 11.8 Å². The highest BCUT2D eigenvalue weighted by Gasteiger charge is 2.43. The van der Waals surface area contributed by atoms with Crippen LogP contribution in [0.3, 0.4) is 0 Å². The van der Waals surface area contributed by atoms with Crippen molar-refractivity contribution in [3.8, 4) is 0 Å². The number of aliphatic hydroxyl groups is 1. The molecule has 4 heteroatoms. The van der Waals surface area contributed by atoms with Gasteiger partial charge in [0.25, 0.3) is 0 Å². The van der Waals surface area contributed by atoms with Crippen LogP contribution in [-0.4, -0.2) is 21.4 Å². The summed E-state index contributed by atoms with van der Waals surface area (Å²) < 4.78 is 5.36. The van der Waals surface area contributed by atoms with E-state index in [0.717, 1.165) is 36.4 Å². The molecule has 3 aliphatic carbocycles. The van der Waals surface area contributed by atoms with Crippen molar-refractivity contribution < 1.29 is 9.63 Å². The van der Waals surface area contributed by atoms with Gasteiger partial charge in [0.05, 0.1) is 6.10 Å². The molecule has 3 atom stereocenters. The van der Waals surface area contributed by atoms with Crippen molar-refractivity contribution in [3.63, 3.8) is 0 Å². The Balaban J connectivity index is 1.51. The van der Waals surface area contributed by atoms with E-state index < -0.39 is 0 Å². The van der Waals surface area contributed by atoms with Gasteiger partial charge in [-0.1, -0.05) is 11.6 Å². The zero-order valence-electron chi connectivity index (χ0n) is 9.88. The molecule has 0 radical (unpaired) electrons. The molecule has 17 heavy (non-hydrogen) atoms. The molecule has 4 rings (SSSR count). The van der Waals surface area contributed by atoms with Gasteiger partial charge in [0.15, 0.2) is 5.82 Å². The van der Waals surface area contributed by atoms with Crippen molar-refractivity contribution in [2.75, 3.05) is 0 Å². The Morgan fingerprint density at radius 1 is 1.12 bits per heavy atom. The third-order valence-corrected chi connectivity index (χ3v) is 4.99. The number of hydrogen-bond acceptors (Lipinski definition) is 4. The van der Waals surface area contributed by atoms with Gasteiger partial charge in [0, 0.05) is 11.8 Å². The predicted molar refractivity (Wildman–Crippen MR) is 60.5 cm³/mol. The van der Waals surface area contributed by atoms with E-state index >= 15 is 0 Å². The van der Waals surface area contributed by atoms with Crippen LogP contribution in [0.5, 0.6) is 0 Å². The summed E-state index contributed by atoms with van der Waals surface area (Å²) in [4.78, 5) is 4.58. The zero-order chi connectivity index (χ0) is 11.4. The number of hydrogen-bond donors (Lipinski definition) is 1. The van der Waals surface area contributed by atoms with E-state index in [9.17, 15) is 5.11 Å². The Labute approximate surface area is 100 Å². The molecule has 0 amide bonds. The van der Waals surface area contributed by atoms with E-state index in [1.807, 2.05) is 0 Å². The average Bonchev–Trinajstić information content (AvgIpc) is 2.99. The Morgan fingerprint density at radius 2 is 2.00 bits per heavy atom. The summed E-state index contributed by atoms with van der Waals surface area (Å²) in [5.74, 6) is 4.28. The third-order valence-electron chi connectivity index (χ3n) is 4.99. The van der Waals surface area contributed by atoms with Crippen molar-refractivity contribution in [1.82, 2.24) is 10.1 Å². The number of nitrogens with zero attached hydrogens (tertiary/aromatic N) is 2. The van der Waals surface area contributed by atoms with Crippen molar-refractivity contribution >= 4 is 0 Å². The lowest BCUT2D eigenvalue weighted by atomic mass is 9.82. The summed E-state index contributed by atoms with van der Waals surface area (Å²) in [6.07, 6.45) is 6.81. The molecule has 1 aromatic heterocycles. The van der Waals surface area contributed by atoms with Gasteiger partial charge in [0.2, 0.25) is 5.89 Å². The molecule has 92 valence electrons. The first-order valence-electron chi connectivity index (χ1n) is 6.81. The number of aliphatic hydroxyl groups excluding tert-OH is 1. The van der Waals surface area contributed by atoms with Gasteiger partial charge in [-0.25, -0.2) is 0 Å². The lowest BCUT2D eigenvalue weighted by Crippen LogP contribution is -2.26. The highest BCUT2D eigenvalue weighted by Crippen LogP contribution is 2.52. The number of rotatable bonds is 2. The number of fused-ring (bicyclic) bond motifs is 2. The van der Waals surface area contributed by atoms with E-state index in [2.05, 4.69) is 10.1 Å². The highest BCUT2D eigenvalue weighted by atomic mass is 16.5. The van der Waals surface area contributed by atoms with Gasteiger partial charge in [-0.2, -0.15) is 4.98 Å². The lowest BCUT2D eigenvalue weighted by molar-refractivity contribution is 0.0625. The summed E-state index contributed by atoms with van der Waals surface area (Å²) in [5.41, 5.74) is 0. The first-order chi connectivity index (χ1) is 8.29. The fraction of sp³-hybridized carbons (Fsp3) is 0.846. The third kappa shape index (κ3) is 1.53.